The molecule has 1 aliphatic rings. The molecule has 15 heavy (non-hydrogen) atoms. The van der Waals surface area contributed by atoms with Gasteiger partial charge in [-0.25, -0.2) is 0 Å². The Morgan fingerprint density at radius 1 is 1.53 bits per heavy atom. The first kappa shape index (κ1) is 10.8. The zero-order chi connectivity index (χ0) is 11.1. The highest BCUT2D eigenvalue weighted by Gasteiger charge is 2.39. The van der Waals surface area contributed by atoms with Crippen LogP contribution in [0.25, 0.3) is 0 Å². The van der Waals surface area contributed by atoms with E-state index in [0.717, 1.165) is 17.7 Å². The molecule has 1 aromatic carbocycles. The average Bonchev–Trinajstić information content (AvgIpc) is 2.87. The number of thiol groups is 1. The highest BCUT2D eigenvalue weighted by molar-refractivity contribution is 7.80. The molecular weight excluding hydrogens is 230 g/mol. The molecular formula is C11H12ClNOS. The number of nitrogens with one attached hydrogen (secondary N) is 1. The minimum atomic E-state index is -0.115. The van der Waals surface area contributed by atoms with E-state index in [1.165, 1.54) is 0 Å². The van der Waals surface area contributed by atoms with Gasteiger partial charge in [0.25, 0.3) is 5.91 Å². The molecule has 1 N–H and O–H groups in total. The molecule has 0 heterocycles. The van der Waals surface area contributed by atoms with Crippen molar-refractivity contribution in [2.24, 2.45) is 0 Å². The lowest BCUT2D eigenvalue weighted by atomic mass is 10.2. The van der Waals surface area contributed by atoms with Crippen LogP contribution in [0, 0.1) is 0 Å². The molecule has 2 nitrogen and oxygen atoms in total. The molecule has 1 aliphatic carbocycles. The quantitative estimate of drug-likeness (QED) is 0.766. The smallest absolute Gasteiger partial charge is 0.253 e. The van der Waals surface area contributed by atoms with Crippen LogP contribution in [0.2, 0.25) is 5.02 Å². The predicted octanol–water partition coefficient (Wildman–Crippen LogP) is 2.91. The number of halogens is 1. The third-order valence-corrected chi connectivity index (χ3v) is 3.22. The van der Waals surface area contributed by atoms with Crippen LogP contribution in [-0.4, -0.2) is 11.4 Å². The maximum atomic E-state index is 11.8. The molecule has 0 radical (unpaired) electrons. The van der Waals surface area contributed by atoms with Crippen molar-refractivity contribution in [1.29, 1.82) is 0 Å². The fourth-order valence-electron chi connectivity index (χ4n) is 1.34. The van der Waals surface area contributed by atoms with Gasteiger partial charge in [-0.1, -0.05) is 11.6 Å². The molecule has 0 saturated heterocycles. The monoisotopic (exact) mass is 241 g/mol. The van der Waals surface area contributed by atoms with Gasteiger partial charge >= 0.3 is 0 Å². The number of benzene rings is 1. The molecule has 0 aliphatic heterocycles. The van der Waals surface area contributed by atoms with E-state index in [1.807, 2.05) is 6.92 Å². The van der Waals surface area contributed by atoms with Crippen molar-refractivity contribution in [3.63, 3.8) is 0 Å². The van der Waals surface area contributed by atoms with Crippen molar-refractivity contribution < 1.29 is 4.79 Å². The van der Waals surface area contributed by atoms with E-state index in [0.29, 0.717) is 10.6 Å². The fourth-order valence-corrected chi connectivity index (χ4v) is 1.75. The van der Waals surface area contributed by atoms with Crippen molar-refractivity contribution in [1.82, 2.24) is 5.32 Å². The Morgan fingerprint density at radius 2 is 2.20 bits per heavy atom. The van der Waals surface area contributed by atoms with E-state index in [-0.39, 0.29) is 11.4 Å². The molecule has 2 rings (SSSR count). The van der Waals surface area contributed by atoms with Crippen LogP contribution in [0.15, 0.2) is 23.1 Å². The van der Waals surface area contributed by atoms with Crippen molar-refractivity contribution in [3.05, 3.63) is 28.8 Å². The molecule has 4 heteroatoms. The Hall–Kier alpha value is -0.670. The average molecular weight is 242 g/mol. The minimum Gasteiger partial charge on any atom is -0.347 e. The molecule has 1 fully saturated rings. The SMILES string of the molecule is CC1(NC(=O)c2cc(S)ccc2Cl)CC1. The Labute approximate surface area is 99.4 Å². The summed E-state index contributed by atoms with van der Waals surface area (Å²) in [5.74, 6) is -0.115. The second-order valence-corrected chi connectivity index (χ2v) is 5.10. The van der Waals surface area contributed by atoms with Crippen LogP contribution in [0.1, 0.15) is 30.1 Å². The standard InChI is InChI=1S/C11H12ClNOS/c1-11(4-5-11)13-10(14)8-6-7(15)2-3-9(8)12/h2-3,6,15H,4-5H2,1H3,(H,13,14). The number of rotatable bonds is 2. The van der Waals surface area contributed by atoms with Gasteiger partial charge in [0.1, 0.15) is 0 Å². The summed E-state index contributed by atoms with van der Waals surface area (Å²) in [4.78, 5) is 12.6. The van der Waals surface area contributed by atoms with Crippen LogP contribution in [0.5, 0.6) is 0 Å². The van der Waals surface area contributed by atoms with E-state index in [4.69, 9.17) is 11.6 Å². The summed E-state index contributed by atoms with van der Waals surface area (Å²) >= 11 is 10.1. The first-order valence-electron chi connectivity index (χ1n) is 4.81. The van der Waals surface area contributed by atoms with Crippen LogP contribution in [-0.2, 0) is 0 Å². The second-order valence-electron chi connectivity index (χ2n) is 4.18. The number of amides is 1. The van der Waals surface area contributed by atoms with Gasteiger partial charge < -0.3 is 5.32 Å². The Bertz CT molecular complexity index is 415. The first-order chi connectivity index (χ1) is 7.00. The van der Waals surface area contributed by atoms with E-state index < -0.39 is 0 Å². The third kappa shape index (κ3) is 2.47. The maximum Gasteiger partial charge on any atom is 0.253 e. The van der Waals surface area contributed by atoms with E-state index in [1.54, 1.807) is 18.2 Å². The minimum absolute atomic E-state index is 0.0208. The summed E-state index contributed by atoms with van der Waals surface area (Å²) in [5, 5.41) is 3.42. The fraction of sp³-hybridized carbons (Fsp3) is 0.364. The van der Waals surface area contributed by atoms with Gasteiger partial charge in [-0.2, -0.15) is 0 Å². The van der Waals surface area contributed by atoms with Gasteiger partial charge in [0.2, 0.25) is 0 Å². The summed E-state index contributed by atoms with van der Waals surface area (Å²) in [6, 6.07) is 5.14. The van der Waals surface area contributed by atoms with Crippen molar-refractivity contribution in [3.8, 4) is 0 Å². The largest absolute Gasteiger partial charge is 0.347 e. The predicted molar refractivity (Wildman–Crippen MR) is 63.8 cm³/mol. The van der Waals surface area contributed by atoms with Gasteiger partial charge in [0.05, 0.1) is 10.6 Å². The van der Waals surface area contributed by atoms with E-state index in [9.17, 15) is 4.79 Å². The number of hydrogen-bond acceptors (Lipinski definition) is 2. The highest BCUT2D eigenvalue weighted by Crippen LogP contribution is 2.35. The molecule has 1 aromatic rings. The molecule has 0 spiro atoms. The van der Waals surface area contributed by atoms with Gasteiger partial charge in [0, 0.05) is 10.4 Å². The molecule has 0 unspecified atom stereocenters. The molecule has 1 amide bonds. The van der Waals surface area contributed by atoms with Crippen LogP contribution < -0.4 is 5.32 Å². The lowest BCUT2D eigenvalue weighted by Gasteiger charge is -2.12. The second kappa shape index (κ2) is 3.72. The van der Waals surface area contributed by atoms with Gasteiger partial charge in [0.15, 0.2) is 0 Å². The summed E-state index contributed by atoms with van der Waals surface area (Å²) in [7, 11) is 0. The molecule has 0 aromatic heterocycles. The Kier molecular flexibility index (Phi) is 2.69. The highest BCUT2D eigenvalue weighted by atomic mass is 35.5. The van der Waals surface area contributed by atoms with Crippen molar-refractivity contribution in [2.75, 3.05) is 0 Å². The molecule has 0 atom stereocenters. The van der Waals surface area contributed by atoms with Gasteiger partial charge in [-0.3, -0.25) is 4.79 Å². The molecule has 1 saturated carbocycles. The van der Waals surface area contributed by atoms with Crippen LogP contribution in [0.3, 0.4) is 0 Å². The van der Waals surface area contributed by atoms with Crippen molar-refractivity contribution in [2.45, 2.75) is 30.2 Å². The van der Waals surface area contributed by atoms with Gasteiger partial charge in [-0.05, 0) is 38.0 Å². The molecule has 0 bridgehead atoms. The van der Waals surface area contributed by atoms with Crippen LogP contribution in [0.4, 0.5) is 0 Å². The van der Waals surface area contributed by atoms with E-state index >= 15 is 0 Å². The van der Waals surface area contributed by atoms with Gasteiger partial charge in [-0.15, -0.1) is 12.6 Å². The summed E-state index contributed by atoms with van der Waals surface area (Å²) < 4.78 is 0. The number of carbonyl (C=O) groups is 1. The topological polar surface area (TPSA) is 29.1 Å². The third-order valence-electron chi connectivity index (χ3n) is 2.61. The molecule has 80 valence electrons. The first-order valence-corrected chi connectivity index (χ1v) is 5.64. The summed E-state index contributed by atoms with van der Waals surface area (Å²) in [6.45, 7) is 2.03. The zero-order valence-electron chi connectivity index (χ0n) is 8.38. The maximum absolute atomic E-state index is 11.8. The lowest BCUT2D eigenvalue weighted by molar-refractivity contribution is 0.0935. The normalized spacial score (nSPS) is 17.3. The Balaban J connectivity index is 2.21. The summed E-state index contributed by atoms with van der Waals surface area (Å²) in [6.07, 6.45) is 2.08. The summed E-state index contributed by atoms with van der Waals surface area (Å²) in [5.41, 5.74) is 0.477. The number of carbonyl (C=O) groups excluding carboxylic acids is 1. The van der Waals surface area contributed by atoms with Crippen LogP contribution >= 0.6 is 24.2 Å². The lowest BCUT2D eigenvalue weighted by Crippen LogP contribution is -2.34. The van der Waals surface area contributed by atoms with Crippen molar-refractivity contribution >= 4 is 30.1 Å². The zero-order valence-corrected chi connectivity index (χ0v) is 10.0. The Morgan fingerprint density at radius 3 is 2.80 bits per heavy atom. The van der Waals surface area contributed by atoms with E-state index in [2.05, 4.69) is 17.9 Å². The number of hydrogen-bond donors (Lipinski definition) is 2.